The Kier molecular flexibility index (Phi) is 6.30. The number of hydrogen-bond acceptors (Lipinski definition) is 3. The molecule has 23 heavy (non-hydrogen) atoms. The molecule has 2 aromatic rings. The normalized spacial score (nSPS) is 12.2. The van der Waals surface area contributed by atoms with Crippen molar-refractivity contribution in [1.29, 1.82) is 0 Å². The first-order valence-electron chi connectivity index (χ1n) is 7.84. The molecular formula is C18H22FNO2S. The van der Waals surface area contributed by atoms with Gasteiger partial charge in [-0.25, -0.2) is 4.39 Å². The van der Waals surface area contributed by atoms with E-state index in [2.05, 4.69) is 6.92 Å². The fourth-order valence-electron chi connectivity index (χ4n) is 2.43. The summed E-state index contributed by atoms with van der Waals surface area (Å²) in [5, 5.41) is 9.62. The highest BCUT2D eigenvalue weighted by Gasteiger charge is 2.24. The molecule has 0 saturated carbocycles. The van der Waals surface area contributed by atoms with Gasteiger partial charge in [-0.3, -0.25) is 4.79 Å². The van der Waals surface area contributed by atoms with Crippen LogP contribution in [0.15, 0.2) is 36.4 Å². The Balaban J connectivity index is 2.25. The quantitative estimate of drug-likeness (QED) is 0.834. The number of aryl methyl sites for hydroxylation is 1. The van der Waals surface area contributed by atoms with Gasteiger partial charge in [0.25, 0.3) is 5.91 Å². The van der Waals surface area contributed by atoms with Gasteiger partial charge in [0.15, 0.2) is 0 Å². The molecule has 1 atom stereocenters. The highest BCUT2D eigenvalue weighted by molar-refractivity contribution is 7.14. The molecule has 1 unspecified atom stereocenters. The van der Waals surface area contributed by atoms with Crippen LogP contribution in [0.4, 0.5) is 4.39 Å². The Morgan fingerprint density at radius 1 is 1.22 bits per heavy atom. The Bertz CT molecular complexity index is 635. The maximum absolute atomic E-state index is 13.1. The third kappa shape index (κ3) is 4.39. The van der Waals surface area contributed by atoms with Gasteiger partial charge in [-0.1, -0.05) is 26.0 Å². The van der Waals surface area contributed by atoms with Crippen LogP contribution < -0.4 is 0 Å². The van der Waals surface area contributed by atoms with E-state index in [0.717, 1.165) is 16.9 Å². The molecule has 1 aromatic heterocycles. The van der Waals surface area contributed by atoms with Crippen molar-refractivity contribution < 1.29 is 14.3 Å². The maximum atomic E-state index is 13.1. The van der Waals surface area contributed by atoms with Crippen molar-refractivity contribution in [2.75, 3.05) is 6.61 Å². The highest BCUT2D eigenvalue weighted by Crippen LogP contribution is 2.22. The second-order valence-corrected chi connectivity index (χ2v) is 6.59. The van der Waals surface area contributed by atoms with Gasteiger partial charge >= 0.3 is 0 Å². The summed E-state index contributed by atoms with van der Waals surface area (Å²) in [6, 6.07) is 9.68. The predicted octanol–water partition coefficient (Wildman–Crippen LogP) is 3.86. The first kappa shape index (κ1) is 17.6. The van der Waals surface area contributed by atoms with Crippen molar-refractivity contribution in [1.82, 2.24) is 4.90 Å². The van der Waals surface area contributed by atoms with E-state index >= 15 is 0 Å². The number of hydrogen-bond donors (Lipinski definition) is 1. The molecule has 2 rings (SSSR count). The lowest BCUT2D eigenvalue weighted by Gasteiger charge is -2.29. The summed E-state index contributed by atoms with van der Waals surface area (Å²) in [5.74, 6) is -0.383. The second-order valence-electron chi connectivity index (χ2n) is 5.42. The SMILES string of the molecule is CCc1ccc(C(=O)N(Cc2ccc(F)cc2)C(CC)CO)s1. The maximum Gasteiger partial charge on any atom is 0.264 e. The average Bonchev–Trinajstić information content (AvgIpc) is 3.05. The number of benzene rings is 1. The number of halogens is 1. The summed E-state index contributed by atoms with van der Waals surface area (Å²) in [6.45, 7) is 4.27. The number of amides is 1. The minimum atomic E-state index is -0.299. The topological polar surface area (TPSA) is 40.5 Å². The molecule has 0 fully saturated rings. The van der Waals surface area contributed by atoms with Crippen molar-refractivity contribution in [3.05, 3.63) is 57.5 Å². The van der Waals surface area contributed by atoms with E-state index < -0.39 is 0 Å². The van der Waals surface area contributed by atoms with Gasteiger partial charge in [-0.15, -0.1) is 11.3 Å². The van der Waals surface area contributed by atoms with Crippen molar-refractivity contribution >= 4 is 17.2 Å². The minimum absolute atomic E-state index is 0.0834. The number of aliphatic hydroxyl groups is 1. The molecule has 1 N–H and O–H groups in total. The number of carbonyl (C=O) groups is 1. The second kappa shape index (κ2) is 8.22. The highest BCUT2D eigenvalue weighted by atomic mass is 32.1. The number of rotatable bonds is 7. The van der Waals surface area contributed by atoms with Gasteiger partial charge in [-0.05, 0) is 42.7 Å². The number of carbonyl (C=O) groups excluding carboxylic acids is 1. The summed E-state index contributed by atoms with van der Waals surface area (Å²) in [7, 11) is 0. The molecule has 124 valence electrons. The standard InChI is InChI=1S/C18H22FNO2S/c1-3-15(12-21)20(11-13-5-7-14(19)8-6-13)18(22)17-10-9-16(4-2)23-17/h5-10,15,21H,3-4,11-12H2,1-2H3. The van der Waals surface area contributed by atoms with Crippen LogP contribution in [0.25, 0.3) is 0 Å². The minimum Gasteiger partial charge on any atom is -0.394 e. The zero-order valence-electron chi connectivity index (χ0n) is 13.5. The van der Waals surface area contributed by atoms with Crippen LogP contribution in [0.2, 0.25) is 0 Å². The zero-order chi connectivity index (χ0) is 16.8. The van der Waals surface area contributed by atoms with Crippen molar-refractivity contribution in [3.63, 3.8) is 0 Å². The van der Waals surface area contributed by atoms with Gasteiger partial charge in [-0.2, -0.15) is 0 Å². The molecular weight excluding hydrogens is 313 g/mol. The summed E-state index contributed by atoms with van der Waals surface area (Å²) in [4.78, 5) is 16.4. The van der Waals surface area contributed by atoms with Crippen LogP contribution in [-0.2, 0) is 13.0 Å². The van der Waals surface area contributed by atoms with E-state index in [-0.39, 0.29) is 24.4 Å². The first-order valence-corrected chi connectivity index (χ1v) is 8.65. The molecule has 0 radical (unpaired) electrons. The van der Waals surface area contributed by atoms with Crippen LogP contribution in [0.5, 0.6) is 0 Å². The van der Waals surface area contributed by atoms with E-state index in [1.807, 2.05) is 19.1 Å². The van der Waals surface area contributed by atoms with E-state index in [1.165, 1.54) is 23.5 Å². The molecule has 0 aliphatic heterocycles. The van der Waals surface area contributed by atoms with Crippen LogP contribution in [-0.4, -0.2) is 28.6 Å². The number of aliphatic hydroxyl groups excluding tert-OH is 1. The van der Waals surface area contributed by atoms with E-state index in [1.54, 1.807) is 17.0 Å². The third-order valence-corrected chi connectivity index (χ3v) is 5.09. The van der Waals surface area contributed by atoms with Gasteiger partial charge in [0.05, 0.1) is 17.5 Å². The Morgan fingerprint density at radius 2 is 1.91 bits per heavy atom. The summed E-state index contributed by atoms with van der Waals surface area (Å²) >= 11 is 1.49. The van der Waals surface area contributed by atoms with Crippen LogP contribution in [0, 0.1) is 5.82 Å². The third-order valence-electron chi connectivity index (χ3n) is 3.87. The first-order chi connectivity index (χ1) is 11.1. The molecule has 0 aliphatic rings. The van der Waals surface area contributed by atoms with Crippen molar-refractivity contribution in [3.8, 4) is 0 Å². The molecule has 0 spiro atoms. The van der Waals surface area contributed by atoms with Crippen molar-refractivity contribution in [2.45, 2.75) is 39.3 Å². The summed E-state index contributed by atoms with van der Waals surface area (Å²) in [5.41, 5.74) is 0.846. The van der Waals surface area contributed by atoms with E-state index in [0.29, 0.717) is 17.8 Å². The summed E-state index contributed by atoms with van der Waals surface area (Å²) in [6.07, 6.45) is 1.56. The van der Waals surface area contributed by atoms with Gasteiger partial charge in [0.1, 0.15) is 5.82 Å². The van der Waals surface area contributed by atoms with E-state index in [9.17, 15) is 14.3 Å². The molecule has 1 heterocycles. The van der Waals surface area contributed by atoms with Crippen LogP contribution >= 0.6 is 11.3 Å². The van der Waals surface area contributed by atoms with Gasteiger partial charge in [0, 0.05) is 11.4 Å². The number of nitrogens with zero attached hydrogens (tertiary/aromatic N) is 1. The molecule has 3 nitrogen and oxygen atoms in total. The largest absolute Gasteiger partial charge is 0.394 e. The Hall–Kier alpha value is -1.72. The average molecular weight is 335 g/mol. The summed E-state index contributed by atoms with van der Waals surface area (Å²) < 4.78 is 13.1. The lowest BCUT2D eigenvalue weighted by atomic mass is 10.1. The lowest BCUT2D eigenvalue weighted by molar-refractivity contribution is 0.0568. The Labute approximate surface area is 140 Å². The van der Waals surface area contributed by atoms with Crippen LogP contribution in [0.1, 0.15) is 40.4 Å². The fourth-order valence-corrected chi connectivity index (χ4v) is 3.33. The molecule has 1 amide bonds. The molecule has 0 bridgehead atoms. The molecule has 0 saturated heterocycles. The van der Waals surface area contributed by atoms with Crippen molar-refractivity contribution in [2.24, 2.45) is 0 Å². The monoisotopic (exact) mass is 335 g/mol. The predicted molar refractivity (Wildman–Crippen MR) is 91.1 cm³/mol. The molecule has 0 aliphatic carbocycles. The van der Waals surface area contributed by atoms with Crippen LogP contribution in [0.3, 0.4) is 0 Å². The number of thiophene rings is 1. The molecule has 1 aromatic carbocycles. The fraction of sp³-hybridized carbons (Fsp3) is 0.389. The lowest BCUT2D eigenvalue weighted by Crippen LogP contribution is -2.41. The smallest absolute Gasteiger partial charge is 0.264 e. The Morgan fingerprint density at radius 3 is 2.43 bits per heavy atom. The molecule has 5 heteroatoms. The zero-order valence-corrected chi connectivity index (χ0v) is 14.3. The van der Waals surface area contributed by atoms with E-state index in [4.69, 9.17) is 0 Å². The van der Waals surface area contributed by atoms with Gasteiger partial charge < -0.3 is 10.0 Å². The van der Waals surface area contributed by atoms with Gasteiger partial charge in [0.2, 0.25) is 0 Å².